The number of carbonyl (C=O) groups is 1. The van der Waals surface area contributed by atoms with Crippen LogP contribution in [0.15, 0.2) is 35.9 Å². The molecule has 2 aliphatic rings. The van der Waals surface area contributed by atoms with E-state index in [1.165, 1.54) is 0 Å². The van der Waals surface area contributed by atoms with Crippen LogP contribution >= 0.6 is 0 Å². The average molecular weight is 360 g/mol. The minimum atomic E-state index is -0.0252. The van der Waals surface area contributed by atoms with E-state index < -0.39 is 0 Å². The third-order valence-electron chi connectivity index (χ3n) is 5.31. The zero-order chi connectivity index (χ0) is 18.5. The minimum Gasteiger partial charge on any atom is -0.472 e. The Morgan fingerprint density at radius 2 is 2.07 bits per heavy atom. The van der Waals surface area contributed by atoms with E-state index in [4.69, 9.17) is 9.72 Å². The highest BCUT2D eigenvalue weighted by molar-refractivity contribution is 6.00. The molecule has 4 bridgehead atoms. The molecule has 136 valence electrons. The van der Waals surface area contributed by atoms with Gasteiger partial charge in [-0.3, -0.25) is 4.79 Å². The number of nitrogens with one attached hydrogen (secondary N) is 2. The maximum atomic E-state index is 12.4. The Hall–Kier alpha value is -3.15. The van der Waals surface area contributed by atoms with Crippen molar-refractivity contribution in [2.24, 2.45) is 0 Å². The zero-order valence-electron chi connectivity index (χ0n) is 15.3. The molecule has 0 fully saturated rings. The maximum Gasteiger partial charge on any atom is 0.253 e. The van der Waals surface area contributed by atoms with Crippen molar-refractivity contribution < 1.29 is 9.53 Å². The van der Waals surface area contributed by atoms with Crippen LogP contribution in [0.1, 0.15) is 41.0 Å². The number of aryl methyl sites for hydroxylation is 1. The molecule has 4 heterocycles. The van der Waals surface area contributed by atoms with Gasteiger partial charge in [0.15, 0.2) is 0 Å². The van der Waals surface area contributed by atoms with E-state index in [1.807, 2.05) is 31.2 Å². The summed E-state index contributed by atoms with van der Waals surface area (Å²) in [5.74, 6) is 0.746. The number of para-hydroxylation sites is 1. The van der Waals surface area contributed by atoms with Gasteiger partial charge in [-0.25, -0.2) is 9.97 Å². The number of ether oxygens (including phenoxy) is 1. The highest BCUT2D eigenvalue weighted by Crippen LogP contribution is 2.34. The number of hydrogen-bond donors (Lipinski definition) is 2. The molecule has 0 radical (unpaired) electrons. The fourth-order valence-electron chi connectivity index (χ4n) is 3.83. The second kappa shape index (κ2) is 5.94. The van der Waals surface area contributed by atoms with E-state index in [0.717, 1.165) is 51.2 Å². The highest BCUT2D eigenvalue weighted by Gasteiger charge is 2.28. The summed E-state index contributed by atoms with van der Waals surface area (Å²) in [7, 11) is 0. The summed E-state index contributed by atoms with van der Waals surface area (Å²) in [4.78, 5) is 25.3. The number of nitrogens with zero attached hydrogens (tertiary/aromatic N) is 2. The van der Waals surface area contributed by atoms with Gasteiger partial charge >= 0.3 is 0 Å². The monoisotopic (exact) mass is 360 g/mol. The molecule has 0 spiro atoms. The lowest BCUT2D eigenvalue weighted by Crippen LogP contribution is -2.34. The second-order valence-corrected chi connectivity index (χ2v) is 7.28. The number of allylic oxidation sites excluding steroid dienone is 1. The molecule has 2 aliphatic heterocycles. The van der Waals surface area contributed by atoms with Crippen LogP contribution in [0.4, 0.5) is 0 Å². The van der Waals surface area contributed by atoms with Gasteiger partial charge in [-0.1, -0.05) is 18.2 Å². The minimum absolute atomic E-state index is 0.0252. The smallest absolute Gasteiger partial charge is 0.253 e. The summed E-state index contributed by atoms with van der Waals surface area (Å²) in [6, 6.07) is 7.84. The summed E-state index contributed by atoms with van der Waals surface area (Å²) in [6.07, 6.45) is 3.02. The number of H-pyrrole nitrogens is 1. The van der Waals surface area contributed by atoms with Crippen molar-refractivity contribution in [3.8, 4) is 17.1 Å². The van der Waals surface area contributed by atoms with Crippen LogP contribution in [-0.2, 0) is 0 Å². The predicted molar refractivity (Wildman–Crippen MR) is 103 cm³/mol. The molecule has 27 heavy (non-hydrogen) atoms. The van der Waals surface area contributed by atoms with Gasteiger partial charge in [0.25, 0.3) is 5.91 Å². The Balaban J connectivity index is 1.79. The normalized spacial score (nSPS) is 20.7. The lowest BCUT2D eigenvalue weighted by molar-refractivity contribution is 0.0940. The largest absolute Gasteiger partial charge is 0.472 e. The summed E-state index contributed by atoms with van der Waals surface area (Å²) < 4.78 is 5.96. The molecule has 0 saturated heterocycles. The summed E-state index contributed by atoms with van der Waals surface area (Å²) in [6.45, 7) is 5.07. The number of rotatable bonds is 0. The topological polar surface area (TPSA) is 79.9 Å². The standard InChI is InChI=1S/C21H20N4O2/c1-11-6-7-13-9-22-20(26)15-8-17(24-18(13)15)14-4-3-5-16-19(14)25-21(27-10-11)12(2)23-16/h3-6,8,13,24H,7,9-10H2,1-2H3,(H,22,26)/b11-6+/t13-/m1/s1. The molecule has 3 aromatic rings. The number of carbonyl (C=O) groups excluding carboxylic acids is 1. The van der Waals surface area contributed by atoms with Gasteiger partial charge in [0.2, 0.25) is 5.88 Å². The SMILES string of the molecule is C/C1=C\C[C@@H]2CNC(=O)c3cc([nH]c32)-c2cccc3nc(C)c(nc23)OC1. The molecule has 5 rings (SSSR count). The third kappa shape index (κ3) is 2.60. The van der Waals surface area contributed by atoms with Crippen molar-refractivity contribution in [2.45, 2.75) is 26.2 Å². The van der Waals surface area contributed by atoms with E-state index in [0.29, 0.717) is 19.0 Å². The molecule has 6 heteroatoms. The first kappa shape index (κ1) is 16.1. The van der Waals surface area contributed by atoms with Crippen molar-refractivity contribution in [3.63, 3.8) is 0 Å². The third-order valence-corrected chi connectivity index (χ3v) is 5.31. The molecule has 1 amide bonds. The van der Waals surface area contributed by atoms with Gasteiger partial charge < -0.3 is 15.0 Å². The van der Waals surface area contributed by atoms with Crippen molar-refractivity contribution in [1.29, 1.82) is 0 Å². The number of benzene rings is 1. The first-order chi connectivity index (χ1) is 13.1. The molecule has 1 atom stereocenters. The Morgan fingerprint density at radius 3 is 2.96 bits per heavy atom. The summed E-state index contributed by atoms with van der Waals surface area (Å²) in [5, 5.41) is 3.00. The fraction of sp³-hybridized carbons (Fsp3) is 0.286. The Kier molecular flexibility index (Phi) is 3.53. The first-order valence-corrected chi connectivity index (χ1v) is 9.17. The molecular formula is C21H20N4O2. The molecule has 1 aromatic carbocycles. The van der Waals surface area contributed by atoms with Crippen molar-refractivity contribution in [3.05, 3.63) is 52.9 Å². The molecule has 0 saturated carbocycles. The van der Waals surface area contributed by atoms with Gasteiger partial charge in [-0.05, 0) is 38.0 Å². The van der Waals surface area contributed by atoms with Crippen LogP contribution in [0, 0.1) is 6.92 Å². The van der Waals surface area contributed by atoms with Crippen LogP contribution in [-0.4, -0.2) is 34.0 Å². The molecule has 2 N–H and O–H groups in total. The maximum absolute atomic E-state index is 12.4. The average Bonchev–Trinajstić information content (AvgIpc) is 3.11. The van der Waals surface area contributed by atoms with Crippen molar-refractivity contribution >= 4 is 16.9 Å². The summed E-state index contributed by atoms with van der Waals surface area (Å²) in [5.41, 5.74) is 7.02. The highest BCUT2D eigenvalue weighted by atomic mass is 16.5. The number of aromatic amines is 1. The Bertz CT molecular complexity index is 1110. The lowest BCUT2D eigenvalue weighted by Gasteiger charge is -2.22. The van der Waals surface area contributed by atoms with Gasteiger partial charge in [-0.2, -0.15) is 0 Å². The Labute approximate surface area is 156 Å². The van der Waals surface area contributed by atoms with E-state index in [9.17, 15) is 4.79 Å². The number of amides is 1. The van der Waals surface area contributed by atoms with Crippen molar-refractivity contribution in [1.82, 2.24) is 20.3 Å². The van der Waals surface area contributed by atoms with E-state index in [1.54, 1.807) is 0 Å². The van der Waals surface area contributed by atoms with Crippen LogP contribution in [0.2, 0.25) is 0 Å². The van der Waals surface area contributed by atoms with Gasteiger partial charge in [0.05, 0.1) is 11.1 Å². The van der Waals surface area contributed by atoms with Crippen LogP contribution in [0.3, 0.4) is 0 Å². The number of fused-ring (bicyclic) bond motifs is 3. The van der Waals surface area contributed by atoms with E-state index in [2.05, 4.69) is 28.3 Å². The number of aromatic nitrogens is 3. The molecular weight excluding hydrogens is 340 g/mol. The van der Waals surface area contributed by atoms with Crippen LogP contribution in [0.5, 0.6) is 5.88 Å². The second-order valence-electron chi connectivity index (χ2n) is 7.28. The first-order valence-electron chi connectivity index (χ1n) is 9.17. The molecule has 0 aliphatic carbocycles. The zero-order valence-corrected chi connectivity index (χ0v) is 15.3. The van der Waals surface area contributed by atoms with Gasteiger partial charge in [-0.15, -0.1) is 0 Å². The van der Waals surface area contributed by atoms with E-state index in [-0.39, 0.29) is 11.8 Å². The molecule has 0 unspecified atom stereocenters. The predicted octanol–water partition coefficient (Wildman–Crippen LogP) is 3.49. The lowest BCUT2D eigenvalue weighted by atomic mass is 9.93. The van der Waals surface area contributed by atoms with Crippen molar-refractivity contribution in [2.75, 3.05) is 13.2 Å². The van der Waals surface area contributed by atoms with E-state index >= 15 is 0 Å². The summed E-state index contributed by atoms with van der Waals surface area (Å²) >= 11 is 0. The Morgan fingerprint density at radius 1 is 1.19 bits per heavy atom. The fourth-order valence-corrected chi connectivity index (χ4v) is 3.83. The quantitative estimate of drug-likeness (QED) is 0.602. The van der Waals surface area contributed by atoms with Gasteiger partial charge in [0.1, 0.15) is 17.8 Å². The van der Waals surface area contributed by atoms with Crippen LogP contribution in [0.25, 0.3) is 22.3 Å². The van der Waals surface area contributed by atoms with Gasteiger partial charge in [0, 0.05) is 29.4 Å². The molecule has 6 nitrogen and oxygen atoms in total. The van der Waals surface area contributed by atoms with Crippen LogP contribution < -0.4 is 10.1 Å². The molecule has 2 aromatic heterocycles. The number of hydrogen-bond acceptors (Lipinski definition) is 4.